The Morgan fingerprint density at radius 3 is 2.50 bits per heavy atom. The molecule has 1 atom stereocenters. The second-order valence-electron chi connectivity index (χ2n) is 5.89. The maximum Gasteiger partial charge on any atom is 0.275 e. The van der Waals surface area contributed by atoms with Crippen LogP contribution in [0.2, 0.25) is 5.02 Å². The first kappa shape index (κ1) is 20.1. The van der Waals surface area contributed by atoms with Crippen molar-refractivity contribution in [1.29, 1.82) is 0 Å². The van der Waals surface area contributed by atoms with Gasteiger partial charge in [0, 0.05) is 10.6 Å². The van der Waals surface area contributed by atoms with Crippen molar-refractivity contribution in [3.8, 4) is 11.5 Å². The second-order valence-corrected chi connectivity index (χ2v) is 6.32. The fraction of sp³-hybridized carbons (Fsp3) is 0.350. The Labute approximate surface area is 159 Å². The van der Waals surface area contributed by atoms with Gasteiger partial charge in [0.2, 0.25) is 0 Å². The van der Waals surface area contributed by atoms with E-state index in [0.29, 0.717) is 31.3 Å². The summed E-state index contributed by atoms with van der Waals surface area (Å²) in [6.45, 7) is 5.87. The third kappa shape index (κ3) is 6.94. The molecule has 2 rings (SSSR count). The monoisotopic (exact) mass is 377 g/mol. The highest BCUT2D eigenvalue weighted by Crippen LogP contribution is 2.17. The topological polar surface area (TPSA) is 64.2 Å². The largest absolute Gasteiger partial charge is 0.494 e. The predicted octanol–water partition coefficient (Wildman–Crippen LogP) is 2.56. The van der Waals surface area contributed by atoms with E-state index >= 15 is 0 Å². The van der Waals surface area contributed by atoms with Crippen LogP contribution >= 0.6 is 11.6 Å². The molecule has 140 valence electrons. The Balaban J connectivity index is 1.62. The van der Waals surface area contributed by atoms with Crippen LogP contribution in [0.5, 0.6) is 11.5 Å². The molecule has 0 unspecified atom stereocenters. The summed E-state index contributed by atoms with van der Waals surface area (Å²) in [6, 6.07) is 15.3. The van der Waals surface area contributed by atoms with Gasteiger partial charge in [-0.05, 0) is 50.2 Å². The lowest BCUT2D eigenvalue weighted by Crippen LogP contribution is -2.87. The van der Waals surface area contributed by atoms with Crippen LogP contribution in [0, 0.1) is 0 Å². The van der Waals surface area contributed by atoms with Gasteiger partial charge >= 0.3 is 0 Å². The van der Waals surface area contributed by atoms with Gasteiger partial charge in [-0.3, -0.25) is 4.79 Å². The number of hydrogen-bond donors (Lipinski definition) is 2. The number of nitrogens with two attached hydrogens (primary N) is 1. The minimum absolute atomic E-state index is 0.0193. The van der Waals surface area contributed by atoms with E-state index in [1.165, 1.54) is 0 Å². The summed E-state index contributed by atoms with van der Waals surface area (Å²) < 4.78 is 11.0. The summed E-state index contributed by atoms with van der Waals surface area (Å²) in [4.78, 5) is 11.9. The number of carbonyl (C=O) groups is 1. The van der Waals surface area contributed by atoms with Crippen molar-refractivity contribution in [2.75, 3.05) is 26.3 Å². The molecule has 0 heterocycles. The highest BCUT2D eigenvalue weighted by Gasteiger charge is 2.11. The number of quaternary nitrogens is 1. The van der Waals surface area contributed by atoms with E-state index in [-0.39, 0.29) is 11.9 Å². The van der Waals surface area contributed by atoms with Crippen LogP contribution in [0.25, 0.3) is 0 Å². The smallest absolute Gasteiger partial charge is 0.275 e. The molecule has 0 aliphatic carbocycles. The molecule has 0 bridgehead atoms. The summed E-state index contributed by atoms with van der Waals surface area (Å²) in [7, 11) is 0. The van der Waals surface area contributed by atoms with Gasteiger partial charge in [0.15, 0.2) is 6.54 Å². The number of halogens is 1. The van der Waals surface area contributed by atoms with Crippen molar-refractivity contribution in [1.82, 2.24) is 5.32 Å². The molecule has 2 aromatic rings. The third-order valence-corrected chi connectivity index (χ3v) is 4.09. The molecule has 6 heteroatoms. The first-order valence-corrected chi connectivity index (χ1v) is 9.17. The van der Waals surface area contributed by atoms with Gasteiger partial charge in [-0.15, -0.1) is 0 Å². The fourth-order valence-electron chi connectivity index (χ4n) is 2.44. The van der Waals surface area contributed by atoms with Crippen LogP contribution in [0.1, 0.15) is 25.5 Å². The number of amides is 1. The molecule has 0 fully saturated rings. The molecule has 26 heavy (non-hydrogen) atoms. The van der Waals surface area contributed by atoms with Crippen molar-refractivity contribution >= 4 is 17.5 Å². The van der Waals surface area contributed by atoms with Crippen LogP contribution in [-0.4, -0.2) is 32.2 Å². The van der Waals surface area contributed by atoms with E-state index in [1.807, 2.05) is 67.7 Å². The SMILES string of the molecule is CCOc1ccc(OCCNC(=O)C[NH2+][C@H](C)c2cccc(Cl)c2)cc1. The Hall–Kier alpha value is -2.24. The minimum Gasteiger partial charge on any atom is -0.494 e. The Bertz CT molecular complexity index is 692. The highest BCUT2D eigenvalue weighted by atomic mass is 35.5. The maximum absolute atomic E-state index is 11.9. The second kappa shape index (κ2) is 10.7. The number of ether oxygens (including phenoxy) is 2. The molecular formula is C20H26ClN2O3+. The van der Waals surface area contributed by atoms with Crippen molar-refractivity contribution < 1.29 is 19.6 Å². The zero-order valence-electron chi connectivity index (χ0n) is 15.2. The summed E-state index contributed by atoms with van der Waals surface area (Å²) in [5.74, 6) is 1.55. The third-order valence-electron chi connectivity index (χ3n) is 3.86. The van der Waals surface area contributed by atoms with E-state index in [9.17, 15) is 4.79 Å². The number of rotatable bonds is 10. The lowest BCUT2D eigenvalue weighted by Gasteiger charge is -2.12. The first-order valence-electron chi connectivity index (χ1n) is 8.79. The van der Waals surface area contributed by atoms with Gasteiger partial charge in [-0.25, -0.2) is 0 Å². The van der Waals surface area contributed by atoms with Crippen molar-refractivity contribution in [3.63, 3.8) is 0 Å². The Kier molecular flexibility index (Phi) is 8.25. The van der Waals surface area contributed by atoms with E-state index in [0.717, 1.165) is 17.1 Å². The van der Waals surface area contributed by atoms with E-state index < -0.39 is 0 Å². The zero-order chi connectivity index (χ0) is 18.8. The van der Waals surface area contributed by atoms with Gasteiger partial charge in [0.1, 0.15) is 24.1 Å². The van der Waals surface area contributed by atoms with Gasteiger partial charge in [-0.2, -0.15) is 0 Å². The number of benzene rings is 2. The summed E-state index contributed by atoms with van der Waals surface area (Å²) in [6.07, 6.45) is 0. The molecular weight excluding hydrogens is 352 g/mol. The maximum atomic E-state index is 11.9. The zero-order valence-corrected chi connectivity index (χ0v) is 16.0. The quantitative estimate of drug-likeness (QED) is 0.625. The molecule has 0 saturated heterocycles. The lowest BCUT2D eigenvalue weighted by molar-refractivity contribution is -0.682. The molecule has 0 aliphatic rings. The van der Waals surface area contributed by atoms with Gasteiger partial charge in [0.25, 0.3) is 5.91 Å². The standard InChI is InChI=1S/C20H25ClN2O3/c1-3-25-18-7-9-19(10-8-18)26-12-11-22-20(24)14-23-15(2)16-5-4-6-17(21)13-16/h4-10,13,15,23H,3,11-12,14H2,1-2H3,(H,22,24)/p+1/t15-/m1/s1. The van der Waals surface area contributed by atoms with Crippen molar-refractivity contribution in [3.05, 3.63) is 59.1 Å². The van der Waals surface area contributed by atoms with Crippen LogP contribution in [0.4, 0.5) is 0 Å². The van der Waals surface area contributed by atoms with Crippen molar-refractivity contribution in [2.24, 2.45) is 0 Å². The van der Waals surface area contributed by atoms with E-state index in [2.05, 4.69) is 5.32 Å². The van der Waals surface area contributed by atoms with Crippen LogP contribution in [0.15, 0.2) is 48.5 Å². The van der Waals surface area contributed by atoms with E-state index in [4.69, 9.17) is 21.1 Å². The van der Waals surface area contributed by atoms with E-state index in [1.54, 1.807) is 0 Å². The van der Waals surface area contributed by atoms with Crippen LogP contribution in [-0.2, 0) is 4.79 Å². The molecule has 0 radical (unpaired) electrons. The summed E-state index contributed by atoms with van der Waals surface area (Å²) >= 11 is 6.00. The molecule has 1 amide bonds. The average molecular weight is 378 g/mol. The average Bonchev–Trinajstić information content (AvgIpc) is 2.65. The van der Waals surface area contributed by atoms with Gasteiger partial charge in [0.05, 0.1) is 13.2 Å². The lowest BCUT2D eigenvalue weighted by atomic mass is 10.1. The Morgan fingerprint density at radius 1 is 1.15 bits per heavy atom. The molecule has 0 spiro atoms. The normalized spacial score (nSPS) is 11.7. The molecule has 0 aliphatic heterocycles. The fourth-order valence-corrected chi connectivity index (χ4v) is 2.64. The number of nitrogens with one attached hydrogen (secondary N) is 1. The molecule has 3 N–H and O–H groups in total. The molecule has 0 saturated carbocycles. The number of carbonyl (C=O) groups excluding carboxylic acids is 1. The van der Waals surface area contributed by atoms with Crippen LogP contribution < -0.4 is 20.1 Å². The van der Waals surface area contributed by atoms with Gasteiger partial charge < -0.3 is 20.1 Å². The highest BCUT2D eigenvalue weighted by molar-refractivity contribution is 6.30. The molecule has 0 aromatic heterocycles. The molecule has 5 nitrogen and oxygen atoms in total. The summed E-state index contributed by atoms with van der Waals surface area (Å²) in [5.41, 5.74) is 1.10. The minimum atomic E-state index is -0.0193. The van der Waals surface area contributed by atoms with Crippen LogP contribution in [0.3, 0.4) is 0 Å². The number of hydrogen-bond acceptors (Lipinski definition) is 3. The van der Waals surface area contributed by atoms with Crippen molar-refractivity contribution in [2.45, 2.75) is 19.9 Å². The predicted molar refractivity (Wildman–Crippen MR) is 103 cm³/mol. The summed E-state index contributed by atoms with van der Waals surface area (Å²) in [5, 5.41) is 5.54. The molecule has 2 aromatic carbocycles. The van der Waals surface area contributed by atoms with Gasteiger partial charge in [-0.1, -0.05) is 23.7 Å². The first-order chi connectivity index (χ1) is 12.6. The Morgan fingerprint density at radius 2 is 1.85 bits per heavy atom.